The maximum atomic E-state index is 12.5. The maximum absolute atomic E-state index is 12.5. The second-order valence-electron chi connectivity index (χ2n) is 7.52. The highest BCUT2D eigenvalue weighted by Crippen LogP contribution is 2.37. The number of H-pyrrole nitrogens is 1. The van der Waals surface area contributed by atoms with Gasteiger partial charge in [-0.25, -0.2) is 14.5 Å². The third-order valence-electron chi connectivity index (χ3n) is 4.87. The molecule has 0 bridgehead atoms. The highest BCUT2D eigenvalue weighted by molar-refractivity contribution is 5.77. The summed E-state index contributed by atoms with van der Waals surface area (Å²) in [6.07, 6.45) is 0.622. The number of rotatable bonds is 9. The molecule has 0 unspecified atom stereocenters. The van der Waals surface area contributed by atoms with Crippen molar-refractivity contribution in [3.63, 3.8) is 0 Å². The van der Waals surface area contributed by atoms with Gasteiger partial charge in [0.15, 0.2) is 5.82 Å². The van der Waals surface area contributed by atoms with Crippen LogP contribution in [0.3, 0.4) is 0 Å². The van der Waals surface area contributed by atoms with E-state index in [0.717, 1.165) is 0 Å². The SMILES string of the molecule is CC(C)c1cc(-c2n[nH]c(=O)n2-c2ccc(OCCCNC(=O)CN)cc2)c(O)cc1O. The number of phenolic OH excluding ortho intramolecular Hbond substituents is 2. The first kappa shape index (κ1) is 22.9. The second-order valence-corrected chi connectivity index (χ2v) is 7.52. The number of ether oxygens (including phenoxy) is 1. The van der Waals surface area contributed by atoms with E-state index in [1.807, 2.05) is 13.8 Å². The van der Waals surface area contributed by atoms with E-state index >= 15 is 0 Å². The van der Waals surface area contributed by atoms with Crippen LogP contribution in [0.25, 0.3) is 17.1 Å². The van der Waals surface area contributed by atoms with Crippen molar-refractivity contribution in [2.24, 2.45) is 5.73 Å². The van der Waals surface area contributed by atoms with Crippen molar-refractivity contribution in [2.45, 2.75) is 26.2 Å². The Balaban J connectivity index is 1.79. The van der Waals surface area contributed by atoms with Crippen LogP contribution in [0.5, 0.6) is 17.2 Å². The van der Waals surface area contributed by atoms with E-state index in [-0.39, 0.29) is 35.7 Å². The summed E-state index contributed by atoms with van der Waals surface area (Å²) in [7, 11) is 0. The molecular formula is C22H27N5O5. The van der Waals surface area contributed by atoms with E-state index < -0.39 is 5.69 Å². The zero-order valence-electron chi connectivity index (χ0n) is 18.0. The lowest BCUT2D eigenvalue weighted by atomic mass is 9.98. The van der Waals surface area contributed by atoms with Gasteiger partial charge < -0.3 is 26.0 Å². The summed E-state index contributed by atoms with van der Waals surface area (Å²) in [6.45, 7) is 4.66. The second kappa shape index (κ2) is 10.0. The highest BCUT2D eigenvalue weighted by atomic mass is 16.5. The molecule has 0 aliphatic carbocycles. The molecule has 0 radical (unpaired) electrons. The molecule has 10 nitrogen and oxygen atoms in total. The van der Waals surface area contributed by atoms with Crippen LogP contribution in [0, 0.1) is 0 Å². The summed E-state index contributed by atoms with van der Waals surface area (Å²) in [4.78, 5) is 23.6. The lowest BCUT2D eigenvalue weighted by Gasteiger charge is -2.13. The largest absolute Gasteiger partial charge is 0.508 e. The third kappa shape index (κ3) is 5.09. The molecule has 10 heteroatoms. The van der Waals surface area contributed by atoms with Crippen LogP contribution in [-0.4, -0.2) is 50.6 Å². The normalized spacial score (nSPS) is 11.0. The molecule has 2 aromatic carbocycles. The van der Waals surface area contributed by atoms with Crippen molar-refractivity contribution < 1.29 is 19.7 Å². The molecule has 1 amide bonds. The molecular weight excluding hydrogens is 414 g/mol. The van der Waals surface area contributed by atoms with Crippen molar-refractivity contribution in [2.75, 3.05) is 19.7 Å². The monoisotopic (exact) mass is 441 g/mol. The smallest absolute Gasteiger partial charge is 0.348 e. The van der Waals surface area contributed by atoms with Gasteiger partial charge >= 0.3 is 5.69 Å². The van der Waals surface area contributed by atoms with Crippen LogP contribution in [0.1, 0.15) is 31.7 Å². The number of nitrogens with zero attached hydrogens (tertiary/aromatic N) is 2. The number of nitrogens with one attached hydrogen (secondary N) is 2. The quantitative estimate of drug-likeness (QED) is 0.316. The fraction of sp³-hybridized carbons (Fsp3) is 0.318. The van der Waals surface area contributed by atoms with E-state index in [9.17, 15) is 19.8 Å². The topological polar surface area (TPSA) is 155 Å². The molecule has 0 atom stereocenters. The molecule has 3 rings (SSSR count). The summed E-state index contributed by atoms with van der Waals surface area (Å²) >= 11 is 0. The molecule has 0 saturated heterocycles. The zero-order chi connectivity index (χ0) is 23.3. The van der Waals surface area contributed by atoms with Gasteiger partial charge in [0, 0.05) is 12.6 Å². The van der Waals surface area contributed by atoms with Gasteiger partial charge in [-0.1, -0.05) is 13.8 Å². The molecule has 6 N–H and O–H groups in total. The minimum Gasteiger partial charge on any atom is -0.508 e. The number of hydrogen-bond donors (Lipinski definition) is 5. The number of carbonyl (C=O) groups excluding carboxylic acids is 1. The van der Waals surface area contributed by atoms with Gasteiger partial charge in [-0.05, 0) is 48.2 Å². The Bertz CT molecular complexity index is 1130. The van der Waals surface area contributed by atoms with Gasteiger partial charge in [-0.3, -0.25) is 4.79 Å². The summed E-state index contributed by atoms with van der Waals surface area (Å²) in [5, 5.41) is 29.6. The minimum atomic E-state index is -0.470. The van der Waals surface area contributed by atoms with Gasteiger partial charge in [0.1, 0.15) is 17.2 Å². The van der Waals surface area contributed by atoms with E-state index in [2.05, 4.69) is 15.5 Å². The van der Waals surface area contributed by atoms with Gasteiger partial charge in [0.05, 0.1) is 24.4 Å². The molecule has 0 aliphatic rings. The molecule has 170 valence electrons. The van der Waals surface area contributed by atoms with Crippen LogP contribution < -0.4 is 21.5 Å². The fourth-order valence-electron chi connectivity index (χ4n) is 3.21. The maximum Gasteiger partial charge on any atom is 0.348 e. The number of amides is 1. The predicted molar refractivity (Wildman–Crippen MR) is 119 cm³/mol. The van der Waals surface area contributed by atoms with E-state index in [1.54, 1.807) is 30.3 Å². The van der Waals surface area contributed by atoms with E-state index in [1.165, 1.54) is 10.6 Å². The number of aromatic amines is 1. The van der Waals surface area contributed by atoms with Crippen LogP contribution in [0.4, 0.5) is 0 Å². The number of aromatic nitrogens is 3. The molecule has 3 aromatic rings. The molecule has 1 heterocycles. The number of aromatic hydroxyl groups is 2. The Hall–Kier alpha value is -3.79. The Morgan fingerprint density at radius 3 is 2.59 bits per heavy atom. The van der Waals surface area contributed by atoms with Crippen LogP contribution in [-0.2, 0) is 4.79 Å². The van der Waals surface area contributed by atoms with Crippen molar-refractivity contribution in [1.82, 2.24) is 20.1 Å². The Morgan fingerprint density at radius 2 is 1.94 bits per heavy atom. The molecule has 0 spiro atoms. The number of carbonyl (C=O) groups is 1. The molecule has 0 aliphatic heterocycles. The Morgan fingerprint density at radius 1 is 1.22 bits per heavy atom. The van der Waals surface area contributed by atoms with Gasteiger partial charge in [-0.15, -0.1) is 0 Å². The lowest BCUT2D eigenvalue weighted by Crippen LogP contribution is -2.31. The number of benzene rings is 2. The summed E-state index contributed by atoms with van der Waals surface area (Å²) in [5.41, 5.74) is 6.24. The lowest BCUT2D eigenvalue weighted by molar-refractivity contribution is -0.119. The number of nitrogens with two attached hydrogens (primary N) is 1. The first-order chi connectivity index (χ1) is 15.3. The van der Waals surface area contributed by atoms with Crippen molar-refractivity contribution in [1.29, 1.82) is 0 Å². The van der Waals surface area contributed by atoms with Gasteiger partial charge in [-0.2, -0.15) is 5.10 Å². The van der Waals surface area contributed by atoms with E-state index in [4.69, 9.17) is 10.5 Å². The first-order valence-corrected chi connectivity index (χ1v) is 10.3. The fourth-order valence-corrected chi connectivity index (χ4v) is 3.21. The minimum absolute atomic E-state index is 0.00789. The van der Waals surface area contributed by atoms with Crippen molar-refractivity contribution >= 4 is 5.91 Å². The third-order valence-corrected chi connectivity index (χ3v) is 4.87. The molecule has 32 heavy (non-hydrogen) atoms. The Kier molecular flexibility index (Phi) is 7.16. The van der Waals surface area contributed by atoms with Crippen LogP contribution >= 0.6 is 0 Å². The molecule has 0 fully saturated rings. The average Bonchev–Trinajstić information content (AvgIpc) is 3.14. The van der Waals surface area contributed by atoms with Crippen molar-refractivity contribution in [3.05, 3.63) is 52.4 Å². The van der Waals surface area contributed by atoms with Crippen molar-refractivity contribution in [3.8, 4) is 34.3 Å². The predicted octanol–water partition coefficient (Wildman–Crippen LogP) is 1.61. The highest BCUT2D eigenvalue weighted by Gasteiger charge is 2.19. The van der Waals surface area contributed by atoms with Gasteiger partial charge in [0.2, 0.25) is 5.91 Å². The zero-order valence-corrected chi connectivity index (χ0v) is 18.0. The average molecular weight is 441 g/mol. The molecule has 1 aromatic heterocycles. The summed E-state index contributed by atoms with van der Waals surface area (Å²) < 4.78 is 6.99. The molecule has 0 saturated carbocycles. The summed E-state index contributed by atoms with van der Waals surface area (Å²) in [5.74, 6) is 0.415. The van der Waals surface area contributed by atoms with Crippen LogP contribution in [0.2, 0.25) is 0 Å². The van der Waals surface area contributed by atoms with E-state index in [0.29, 0.717) is 42.1 Å². The first-order valence-electron chi connectivity index (χ1n) is 10.3. The standard InChI is InChI=1S/C22H27N5O5/c1-13(2)16-10-17(19(29)11-18(16)28)21-25-26-22(31)27(21)14-4-6-15(7-5-14)32-9-3-8-24-20(30)12-23/h4-7,10-11,13,28-29H,3,8-9,12,23H2,1-2H3,(H,24,30)(H,26,31). The van der Waals surface area contributed by atoms with Crippen LogP contribution in [0.15, 0.2) is 41.2 Å². The summed E-state index contributed by atoms with van der Waals surface area (Å²) in [6, 6.07) is 9.71. The number of hydrogen-bond acceptors (Lipinski definition) is 7. The Labute approximate surface area is 184 Å². The van der Waals surface area contributed by atoms with Gasteiger partial charge in [0.25, 0.3) is 0 Å². The number of phenols is 2.